The van der Waals surface area contributed by atoms with Crippen molar-refractivity contribution >= 4 is 15.9 Å². The van der Waals surface area contributed by atoms with Gasteiger partial charge in [-0.05, 0) is 36.0 Å². The molecule has 1 aromatic heterocycles. The second kappa shape index (κ2) is 2.85. The molecule has 1 unspecified atom stereocenters. The molecule has 0 radical (unpaired) electrons. The lowest BCUT2D eigenvalue weighted by Gasteiger charge is -2.30. The van der Waals surface area contributed by atoms with Gasteiger partial charge in [-0.2, -0.15) is 5.10 Å². The molecule has 12 heavy (non-hydrogen) atoms. The van der Waals surface area contributed by atoms with E-state index in [4.69, 9.17) is 0 Å². The largest absolute Gasteiger partial charge is 0.296 e. The van der Waals surface area contributed by atoms with Crippen molar-refractivity contribution in [3.63, 3.8) is 0 Å². The molecular weight excluding hydrogens is 218 g/mol. The minimum atomic E-state index is 0.587. The van der Waals surface area contributed by atoms with E-state index < -0.39 is 0 Å². The maximum absolute atomic E-state index is 4.34. The summed E-state index contributed by atoms with van der Waals surface area (Å²) in [5, 5.41) is 4.34. The highest BCUT2D eigenvalue weighted by Crippen LogP contribution is 2.18. The molecule has 2 heterocycles. The SMILES string of the molecule is CC1Cn2nc(Br)cc2CN1C. The first-order chi connectivity index (χ1) is 5.66. The third kappa shape index (κ3) is 1.29. The van der Waals surface area contributed by atoms with Crippen molar-refractivity contribution in [2.45, 2.75) is 26.1 Å². The number of hydrogen-bond acceptors (Lipinski definition) is 2. The molecule has 1 atom stereocenters. The van der Waals surface area contributed by atoms with Crippen LogP contribution in [-0.2, 0) is 13.1 Å². The Labute approximate surface area is 80.5 Å². The Hall–Kier alpha value is -0.350. The van der Waals surface area contributed by atoms with Crippen molar-refractivity contribution in [3.05, 3.63) is 16.4 Å². The van der Waals surface area contributed by atoms with E-state index in [0.717, 1.165) is 17.7 Å². The van der Waals surface area contributed by atoms with Crippen molar-refractivity contribution in [1.29, 1.82) is 0 Å². The number of likely N-dealkylation sites (N-methyl/N-ethyl adjacent to an activating group) is 1. The van der Waals surface area contributed by atoms with Crippen LogP contribution in [0.4, 0.5) is 0 Å². The second-order valence-electron chi connectivity index (χ2n) is 3.40. The number of halogens is 1. The van der Waals surface area contributed by atoms with Crippen molar-refractivity contribution in [1.82, 2.24) is 14.7 Å². The van der Waals surface area contributed by atoms with Crippen LogP contribution in [0.3, 0.4) is 0 Å². The van der Waals surface area contributed by atoms with Crippen molar-refractivity contribution in [3.8, 4) is 0 Å². The summed E-state index contributed by atoms with van der Waals surface area (Å²) in [6.07, 6.45) is 0. The molecule has 0 bridgehead atoms. The van der Waals surface area contributed by atoms with E-state index in [1.807, 2.05) is 0 Å². The van der Waals surface area contributed by atoms with Crippen LogP contribution in [0.1, 0.15) is 12.6 Å². The average molecular weight is 230 g/mol. The maximum Gasteiger partial charge on any atom is 0.128 e. The van der Waals surface area contributed by atoms with Crippen molar-refractivity contribution in [2.75, 3.05) is 7.05 Å². The Morgan fingerprint density at radius 1 is 1.67 bits per heavy atom. The molecule has 1 aliphatic rings. The number of rotatable bonds is 0. The highest BCUT2D eigenvalue weighted by atomic mass is 79.9. The molecule has 2 rings (SSSR count). The lowest BCUT2D eigenvalue weighted by Crippen LogP contribution is -2.38. The monoisotopic (exact) mass is 229 g/mol. The normalized spacial score (nSPS) is 24.1. The number of aromatic nitrogens is 2. The molecule has 0 spiro atoms. The van der Waals surface area contributed by atoms with Crippen LogP contribution in [0, 0.1) is 0 Å². The fourth-order valence-electron chi connectivity index (χ4n) is 1.51. The summed E-state index contributed by atoms with van der Waals surface area (Å²) in [5.41, 5.74) is 1.29. The van der Waals surface area contributed by atoms with E-state index in [-0.39, 0.29) is 0 Å². The maximum atomic E-state index is 4.34. The minimum absolute atomic E-state index is 0.587. The topological polar surface area (TPSA) is 21.1 Å². The van der Waals surface area contributed by atoms with E-state index in [0.29, 0.717) is 6.04 Å². The summed E-state index contributed by atoms with van der Waals surface area (Å²) in [4.78, 5) is 2.34. The molecule has 4 heteroatoms. The third-order valence-corrected chi connectivity index (χ3v) is 2.82. The van der Waals surface area contributed by atoms with Crippen LogP contribution >= 0.6 is 15.9 Å². The van der Waals surface area contributed by atoms with Gasteiger partial charge in [-0.1, -0.05) is 0 Å². The lowest BCUT2D eigenvalue weighted by molar-refractivity contribution is 0.183. The van der Waals surface area contributed by atoms with E-state index in [2.05, 4.69) is 50.6 Å². The summed E-state index contributed by atoms with van der Waals surface area (Å²) in [6.45, 7) is 4.22. The zero-order chi connectivity index (χ0) is 8.72. The number of hydrogen-bond donors (Lipinski definition) is 0. The van der Waals surface area contributed by atoms with Gasteiger partial charge in [-0.25, -0.2) is 0 Å². The standard InChI is InChI=1S/C8H12BrN3/c1-6-4-12-7(5-11(6)2)3-8(9)10-12/h3,6H,4-5H2,1-2H3. The van der Waals surface area contributed by atoms with Crippen LogP contribution < -0.4 is 0 Å². The second-order valence-corrected chi connectivity index (χ2v) is 4.22. The lowest BCUT2D eigenvalue weighted by atomic mass is 10.2. The Balaban J connectivity index is 2.33. The molecule has 0 saturated carbocycles. The van der Waals surface area contributed by atoms with Gasteiger partial charge in [0, 0.05) is 12.6 Å². The average Bonchev–Trinajstić information content (AvgIpc) is 2.30. The molecule has 0 saturated heterocycles. The zero-order valence-corrected chi connectivity index (χ0v) is 8.87. The van der Waals surface area contributed by atoms with Crippen LogP contribution in [0.5, 0.6) is 0 Å². The first-order valence-electron chi connectivity index (χ1n) is 4.09. The zero-order valence-electron chi connectivity index (χ0n) is 7.29. The van der Waals surface area contributed by atoms with Crippen molar-refractivity contribution < 1.29 is 0 Å². The molecule has 0 aliphatic carbocycles. The predicted molar refractivity (Wildman–Crippen MR) is 50.9 cm³/mol. The Bertz CT molecular complexity index is 267. The van der Waals surface area contributed by atoms with Gasteiger partial charge in [0.25, 0.3) is 0 Å². The molecule has 0 aromatic carbocycles. The molecule has 0 N–H and O–H groups in total. The minimum Gasteiger partial charge on any atom is -0.296 e. The van der Waals surface area contributed by atoms with Crippen molar-refractivity contribution in [2.24, 2.45) is 0 Å². The Kier molecular flexibility index (Phi) is 1.96. The van der Waals surface area contributed by atoms with Crippen LogP contribution in [0.25, 0.3) is 0 Å². The number of nitrogens with zero attached hydrogens (tertiary/aromatic N) is 3. The highest BCUT2D eigenvalue weighted by Gasteiger charge is 2.20. The fourth-order valence-corrected chi connectivity index (χ4v) is 1.96. The summed E-state index contributed by atoms with van der Waals surface area (Å²) < 4.78 is 3.02. The molecule has 66 valence electrons. The Morgan fingerprint density at radius 3 is 3.17 bits per heavy atom. The molecule has 1 aliphatic heterocycles. The first-order valence-corrected chi connectivity index (χ1v) is 4.88. The van der Waals surface area contributed by atoms with Gasteiger partial charge in [-0.3, -0.25) is 9.58 Å². The highest BCUT2D eigenvalue weighted by molar-refractivity contribution is 9.10. The number of fused-ring (bicyclic) bond motifs is 1. The van der Waals surface area contributed by atoms with Gasteiger partial charge in [0.05, 0.1) is 12.2 Å². The summed E-state index contributed by atoms with van der Waals surface area (Å²) in [6, 6.07) is 2.67. The molecule has 1 aromatic rings. The van der Waals surface area contributed by atoms with Gasteiger partial charge >= 0.3 is 0 Å². The predicted octanol–water partition coefficient (Wildman–Crippen LogP) is 1.48. The van der Waals surface area contributed by atoms with Gasteiger partial charge in [0.2, 0.25) is 0 Å². The summed E-state index contributed by atoms with van der Waals surface area (Å²) in [7, 11) is 2.15. The quantitative estimate of drug-likeness (QED) is 0.673. The van der Waals surface area contributed by atoms with Crippen LogP contribution in [0.15, 0.2) is 10.7 Å². The Morgan fingerprint density at radius 2 is 2.42 bits per heavy atom. The molecule has 0 fully saturated rings. The third-order valence-electron chi connectivity index (χ3n) is 2.43. The van der Waals surface area contributed by atoms with Crippen LogP contribution in [-0.4, -0.2) is 27.8 Å². The van der Waals surface area contributed by atoms with E-state index in [1.54, 1.807) is 0 Å². The van der Waals surface area contributed by atoms with Crippen LogP contribution in [0.2, 0.25) is 0 Å². The van der Waals surface area contributed by atoms with E-state index in [9.17, 15) is 0 Å². The smallest absolute Gasteiger partial charge is 0.128 e. The summed E-state index contributed by atoms with van der Waals surface area (Å²) in [5.74, 6) is 0. The fraction of sp³-hybridized carbons (Fsp3) is 0.625. The van der Waals surface area contributed by atoms with Gasteiger partial charge < -0.3 is 0 Å². The summed E-state index contributed by atoms with van der Waals surface area (Å²) >= 11 is 3.38. The first kappa shape index (κ1) is 8.26. The molecule has 0 amide bonds. The van der Waals surface area contributed by atoms with Gasteiger partial charge in [-0.15, -0.1) is 0 Å². The van der Waals surface area contributed by atoms with Gasteiger partial charge in [0.15, 0.2) is 0 Å². The molecule has 3 nitrogen and oxygen atoms in total. The van der Waals surface area contributed by atoms with E-state index >= 15 is 0 Å². The molecular formula is C8H12BrN3. The van der Waals surface area contributed by atoms with Gasteiger partial charge in [0.1, 0.15) is 4.60 Å². The van der Waals surface area contributed by atoms with E-state index in [1.165, 1.54) is 5.69 Å².